The molecule has 4 saturated carbocycles. The summed E-state index contributed by atoms with van der Waals surface area (Å²) < 4.78 is 7.38. The van der Waals surface area contributed by atoms with Crippen molar-refractivity contribution < 1.29 is 9.84 Å². The summed E-state index contributed by atoms with van der Waals surface area (Å²) in [4.78, 5) is 2.70. The Balaban J connectivity index is 1.21. The van der Waals surface area contributed by atoms with Crippen molar-refractivity contribution in [2.75, 3.05) is 19.0 Å². The van der Waals surface area contributed by atoms with Gasteiger partial charge in [0.15, 0.2) is 0 Å². The molecule has 2 saturated heterocycles. The van der Waals surface area contributed by atoms with Gasteiger partial charge in [-0.15, -0.1) is 11.6 Å². The molecule has 190 valence electrons. The highest BCUT2D eigenvalue weighted by molar-refractivity contribution is 6.18. The van der Waals surface area contributed by atoms with E-state index in [2.05, 4.69) is 38.7 Å². The Labute approximate surface area is 212 Å². The smallest absolute Gasteiger partial charge is 0.0787 e. The fraction of sp³-hybridized carbons (Fsp3) is 0.933. The maximum Gasteiger partial charge on any atom is 0.0787 e. The number of fused-ring (bicyclic) bond motifs is 6. The molecule has 7 aliphatic rings. The van der Waals surface area contributed by atoms with Crippen LogP contribution in [-0.2, 0) is 4.74 Å². The van der Waals surface area contributed by atoms with E-state index in [0.29, 0.717) is 40.2 Å². The summed E-state index contributed by atoms with van der Waals surface area (Å²) in [6, 6.07) is 0.551. The van der Waals surface area contributed by atoms with Crippen molar-refractivity contribution in [3.8, 4) is 0 Å². The van der Waals surface area contributed by atoms with Crippen LogP contribution in [0.2, 0.25) is 0 Å². The third-order valence-corrected chi connectivity index (χ3v) is 13.5. The fourth-order valence-electron chi connectivity index (χ4n) is 11.8. The molecule has 6 fully saturated rings. The molecular formula is C30H46ClNO2. The SMILES string of the molecule is CC1C[C@H]2O[C@]3(CC[C@H]4C5CC=C6C[C@@H](O)CC[C@]6(C)[C@H]5C[C@@]45CC53C)[C@H](C)[C@@H]2N(CCCl)C1. The first-order valence-electron chi connectivity index (χ1n) is 14.5. The molecule has 0 aromatic rings. The molecule has 0 amide bonds. The molecule has 5 aliphatic carbocycles. The predicted molar refractivity (Wildman–Crippen MR) is 137 cm³/mol. The zero-order chi connectivity index (χ0) is 23.7. The molecule has 0 aromatic carbocycles. The van der Waals surface area contributed by atoms with Crippen molar-refractivity contribution in [1.29, 1.82) is 0 Å². The van der Waals surface area contributed by atoms with Gasteiger partial charge in [0.2, 0.25) is 0 Å². The summed E-state index contributed by atoms with van der Waals surface area (Å²) in [6.45, 7) is 12.4. The van der Waals surface area contributed by atoms with Crippen LogP contribution in [0.3, 0.4) is 0 Å². The number of nitrogens with zero attached hydrogens (tertiary/aromatic N) is 1. The lowest BCUT2D eigenvalue weighted by Gasteiger charge is -2.50. The minimum atomic E-state index is -0.110. The summed E-state index contributed by atoms with van der Waals surface area (Å²) in [5.41, 5.74) is 2.81. The molecule has 3 unspecified atom stereocenters. The first-order valence-corrected chi connectivity index (χ1v) is 15.1. The van der Waals surface area contributed by atoms with Gasteiger partial charge in [-0.25, -0.2) is 0 Å². The number of piperidine rings is 1. The van der Waals surface area contributed by atoms with Crippen LogP contribution in [0.15, 0.2) is 11.6 Å². The maximum absolute atomic E-state index is 10.4. The number of alkyl halides is 1. The summed E-state index contributed by atoms with van der Waals surface area (Å²) >= 11 is 6.28. The molecular weight excluding hydrogens is 442 g/mol. The Hall–Kier alpha value is -0.0900. The molecule has 0 aromatic heterocycles. The second-order valence-corrected chi connectivity index (χ2v) is 14.8. The van der Waals surface area contributed by atoms with Crippen molar-refractivity contribution in [3.05, 3.63) is 11.6 Å². The number of allylic oxidation sites excluding steroid dienone is 1. The maximum atomic E-state index is 10.4. The van der Waals surface area contributed by atoms with Crippen LogP contribution in [0.4, 0.5) is 0 Å². The summed E-state index contributed by atoms with van der Waals surface area (Å²) in [6.07, 6.45) is 13.9. The number of ether oxygens (including phenoxy) is 1. The molecule has 4 heteroatoms. The van der Waals surface area contributed by atoms with E-state index in [0.717, 1.165) is 43.0 Å². The van der Waals surface area contributed by atoms with Crippen LogP contribution in [0.1, 0.15) is 85.5 Å². The molecule has 2 aliphatic heterocycles. The summed E-state index contributed by atoms with van der Waals surface area (Å²) in [5.74, 6) is 4.57. The Morgan fingerprint density at radius 3 is 2.79 bits per heavy atom. The summed E-state index contributed by atoms with van der Waals surface area (Å²) in [5, 5.41) is 10.4. The lowest BCUT2D eigenvalue weighted by molar-refractivity contribution is -0.148. The molecule has 3 nitrogen and oxygen atoms in total. The van der Waals surface area contributed by atoms with Gasteiger partial charge in [0.25, 0.3) is 0 Å². The lowest BCUT2D eigenvalue weighted by atomic mass is 9.56. The van der Waals surface area contributed by atoms with Crippen LogP contribution in [0.25, 0.3) is 0 Å². The highest BCUT2D eigenvalue weighted by Gasteiger charge is 2.84. The van der Waals surface area contributed by atoms with Crippen LogP contribution < -0.4 is 0 Å². The van der Waals surface area contributed by atoms with E-state index in [1.807, 2.05) is 0 Å². The van der Waals surface area contributed by atoms with Gasteiger partial charge in [0.1, 0.15) is 0 Å². The minimum Gasteiger partial charge on any atom is -0.393 e. The molecule has 12 atom stereocenters. The molecule has 2 spiro atoms. The number of rotatable bonds is 2. The Kier molecular flexibility index (Phi) is 4.93. The predicted octanol–water partition coefficient (Wildman–Crippen LogP) is 6.03. The molecule has 7 rings (SSSR count). The van der Waals surface area contributed by atoms with E-state index in [4.69, 9.17) is 16.3 Å². The Morgan fingerprint density at radius 2 is 2.00 bits per heavy atom. The van der Waals surface area contributed by atoms with E-state index in [1.165, 1.54) is 51.5 Å². The van der Waals surface area contributed by atoms with Crippen LogP contribution >= 0.6 is 11.6 Å². The molecule has 1 N–H and O–H groups in total. The van der Waals surface area contributed by atoms with Crippen LogP contribution in [0.5, 0.6) is 0 Å². The van der Waals surface area contributed by atoms with Gasteiger partial charge in [-0.3, -0.25) is 4.90 Å². The highest BCUT2D eigenvalue weighted by atomic mass is 35.5. The molecule has 2 heterocycles. The van der Waals surface area contributed by atoms with Gasteiger partial charge >= 0.3 is 0 Å². The minimum absolute atomic E-state index is 0.0564. The van der Waals surface area contributed by atoms with Gasteiger partial charge in [0.05, 0.1) is 17.8 Å². The first kappa shape index (κ1) is 23.1. The monoisotopic (exact) mass is 487 g/mol. The number of likely N-dealkylation sites (tertiary alicyclic amines) is 1. The number of hydrogen-bond donors (Lipinski definition) is 1. The second kappa shape index (κ2) is 7.27. The standard InChI is InChI=1S/C30H46ClNO2/c1-18-13-25-26(32(16-18)12-11-31)19(2)30(34-25)10-8-23-22-6-5-20-14-21(33)7-9-27(20,3)24(22)15-29(23)17-28(29,30)4/h5,18-19,21-26,33H,6-17H2,1-4H3/t18?,19-,21+,22?,23+,24+,25-,26+,27+,28?,29-,30-/m1/s1. The molecule has 0 radical (unpaired) electrons. The average molecular weight is 488 g/mol. The van der Waals surface area contributed by atoms with Gasteiger partial charge < -0.3 is 9.84 Å². The van der Waals surface area contributed by atoms with Gasteiger partial charge in [0, 0.05) is 36.3 Å². The zero-order valence-electron chi connectivity index (χ0n) is 21.9. The van der Waals surface area contributed by atoms with Crippen LogP contribution in [0, 0.1) is 45.8 Å². The van der Waals surface area contributed by atoms with Crippen molar-refractivity contribution in [2.24, 2.45) is 45.8 Å². The Bertz CT molecular complexity index is 906. The van der Waals surface area contributed by atoms with Crippen molar-refractivity contribution in [3.63, 3.8) is 0 Å². The lowest BCUT2D eigenvalue weighted by Crippen LogP contribution is -2.54. The number of hydrogen-bond acceptors (Lipinski definition) is 3. The normalized spacial score (nSPS) is 60.1. The average Bonchev–Trinajstić information content (AvgIpc) is 3.13. The third kappa shape index (κ3) is 2.62. The number of aliphatic hydroxyl groups excluding tert-OH is 1. The van der Waals surface area contributed by atoms with E-state index in [1.54, 1.807) is 5.57 Å². The van der Waals surface area contributed by atoms with Crippen LogP contribution in [-0.4, -0.2) is 52.8 Å². The van der Waals surface area contributed by atoms with Crippen molar-refractivity contribution in [2.45, 2.75) is 109 Å². The fourth-order valence-corrected chi connectivity index (χ4v) is 12.0. The van der Waals surface area contributed by atoms with Gasteiger partial charge in [-0.1, -0.05) is 39.3 Å². The second-order valence-electron chi connectivity index (χ2n) is 14.4. The van der Waals surface area contributed by atoms with Gasteiger partial charge in [-0.2, -0.15) is 0 Å². The summed E-state index contributed by atoms with van der Waals surface area (Å²) in [7, 11) is 0. The molecule has 0 bridgehead atoms. The van der Waals surface area contributed by atoms with E-state index >= 15 is 0 Å². The number of halogens is 1. The van der Waals surface area contributed by atoms with Crippen molar-refractivity contribution in [1.82, 2.24) is 4.90 Å². The topological polar surface area (TPSA) is 32.7 Å². The quantitative estimate of drug-likeness (QED) is 0.381. The van der Waals surface area contributed by atoms with E-state index in [9.17, 15) is 5.11 Å². The largest absolute Gasteiger partial charge is 0.393 e. The Morgan fingerprint density at radius 1 is 1.18 bits per heavy atom. The van der Waals surface area contributed by atoms with Gasteiger partial charge in [-0.05, 0) is 92.3 Å². The van der Waals surface area contributed by atoms with Crippen molar-refractivity contribution >= 4 is 11.6 Å². The third-order valence-electron chi connectivity index (χ3n) is 13.3. The van der Waals surface area contributed by atoms with E-state index < -0.39 is 0 Å². The highest BCUT2D eigenvalue weighted by Crippen LogP contribution is 2.87. The number of aliphatic hydroxyl groups is 1. The first-order chi connectivity index (χ1) is 16.2. The van der Waals surface area contributed by atoms with E-state index in [-0.39, 0.29) is 11.7 Å². The zero-order valence-corrected chi connectivity index (χ0v) is 22.6. The molecule has 34 heavy (non-hydrogen) atoms.